The highest BCUT2D eigenvalue weighted by Crippen LogP contribution is 2.24. The summed E-state index contributed by atoms with van der Waals surface area (Å²) in [5.74, 6) is 1.65. The standard InChI is InChI=1S/C31H46ClN7O2/c1-4-28(37-26-18-29(35-21-26)31(40)39-13-5-6-14-39)27-9-10-30(36-23(27)2)41-17-7-8-24-11-15-38(16-12-24)22-34-20-25(32)19-33-3/h4,9-10,19-20,24,26,29,35,37H,3,5-8,11-18,21-22H2,1-2H3/b25-19+,28-4+,34-20-. The second-order valence-corrected chi connectivity index (χ2v) is 11.7. The van der Waals surface area contributed by atoms with Gasteiger partial charge in [-0.3, -0.25) is 19.7 Å². The molecule has 2 atom stereocenters. The van der Waals surface area contributed by atoms with Gasteiger partial charge in [-0.05, 0) is 77.5 Å². The summed E-state index contributed by atoms with van der Waals surface area (Å²) >= 11 is 5.96. The first-order valence-corrected chi connectivity index (χ1v) is 15.4. The Hall–Kier alpha value is -2.75. The smallest absolute Gasteiger partial charge is 0.239 e. The van der Waals surface area contributed by atoms with Crippen LogP contribution in [0.4, 0.5) is 0 Å². The number of piperidine rings is 1. The second kappa shape index (κ2) is 16.0. The average Bonchev–Trinajstić information content (AvgIpc) is 3.68. The first-order chi connectivity index (χ1) is 20.0. The van der Waals surface area contributed by atoms with Gasteiger partial charge in [0, 0.05) is 68.5 Å². The van der Waals surface area contributed by atoms with Crippen molar-refractivity contribution in [2.75, 3.05) is 46.0 Å². The van der Waals surface area contributed by atoms with Crippen LogP contribution in [0.15, 0.2) is 39.4 Å². The zero-order valence-electron chi connectivity index (χ0n) is 24.7. The van der Waals surface area contributed by atoms with Gasteiger partial charge in [-0.1, -0.05) is 17.7 Å². The number of carbonyl (C=O) groups excluding carboxylic acids is 1. The fourth-order valence-electron chi connectivity index (χ4n) is 5.96. The molecule has 1 aromatic rings. The van der Waals surface area contributed by atoms with Gasteiger partial charge >= 0.3 is 0 Å². The molecule has 3 aliphatic rings. The number of hydrogen-bond acceptors (Lipinski definition) is 8. The van der Waals surface area contributed by atoms with Crippen LogP contribution in [-0.4, -0.2) is 91.7 Å². The summed E-state index contributed by atoms with van der Waals surface area (Å²) in [6, 6.07) is 4.17. The lowest BCUT2D eigenvalue weighted by Gasteiger charge is -2.30. The van der Waals surface area contributed by atoms with Crippen molar-refractivity contribution in [3.63, 3.8) is 0 Å². The number of hydrogen-bond donors (Lipinski definition) is 2. The molecule has 1 amide bonds. The van der Waals surface area contributed by atoms with Crippen LogP contribution in [0, 0.1) is 12.8 Å². The van der Waals surface area contributed by atoms with Crippen molar-refractivity contribution >= 4 is 36.1 Å². The van der Waals surface area contributed by atoms with Gasteiger partial charge < -0.3 is 20.3 Å². The minimum Gasteiger partial charge on any atom is -0.478 e. The van der Waals surface area contributed by atoms with Gasteiger partial charge in [0.1, 0.15) is 0 Å². The monoisotopic (exact) mass is 583 g/mol. The number of halogens is 1. The van der Waals surface area contributed by atoms with E-state index in [2.05, 4.69) is 44.4 Å². The van der Waals surface area contributed by atoms with Gasteiger partial charge in [0.15, 0.2) is 0 Å². The molecule has 4 heterocycles. The highest BCUT2D eigenvalue weighted by molar-refractivity contribution is 6.39. The summed E-state index contributed by atoms with van der Waals surface area (Å²) < 4.78 is 6.02. The molecule has 2 unspecified atom stereocenters. The fraction of sp³-hybridized carbons (Fsp3) is 0.613. The molecule has 9 nitrogen and oxygen atoms in total. The van der Waals surface area contributed by atoms with Crippen LogP contribution in [0.2, 0.25) is 0 Å². The summed E-state index contributed by atoms with van der Waals surface area (Å²) in [6.45, 7) is 13.5. The van der Waals surface area contributed by atoms with Crippen molar-refractivity contribution in [1.29, 1.82) is 0 Å². The molecule has 3 aliphatic heterocycles. The van der Waals surface area contributed by atoms with E-state index >= 15 is 0 Å². The van der Waals surface area contributed by atoms with Crippen LogP contribution in [0.1, 0.15) is 63.1 Å². The number of rotatable bonds is 13. The summed E-state index contributed by atoms with van der Waals surface area (Å²) in [5.41, 5.74) is 3.06. The Balaban J connectivity index is 1.15. The molecule has 3 saturated heterocycles. The Morgan fingerprint density at radius 1 is 1.27 bits per heavy atom. The molecule has 0 radical (unpaired) electrons. The predicted molar refractivity (Wildman–Crippen MR) is 168 cm³/mol. The van der Waals surface area contributed by atoms with Gasteiger partial charge in [-0.2, -0.15) is 0 Å². The zero-order valence-corrected chi connectivity index (χ0v) is 25.4. The molecule has 4 rings (SSSR count). The minimum atomic E-state index is -0.0897. The average molecular weight is 584 g/mol. The predicted octanol–water partition coefficient (Wildman–Crippen LogP) is 4.37. The molecule has 224 valence electrons. The lowest BCUT2D eigenvalue weighted by Crippen LogP contribution is -2.42. The van der Waals surface area contributed by atoms with Crippen molar-refractivity contribution in [3.05, 3.63) is 40.7 Å². The number of likely N-dealkylation sites (tertiary alicyclic amines) is 2. The molecule has 2 N–H and O–H groups in total. The topological polar surface area (TPSA) is 94.4 Å². The Kier molecular flexibility index (Phi) is 12.2. The Labute approximate surface area is 250 Å². The van der Waals surface area contributed by atoms with Gasteiger partial charge in [0.25, 0.3) is 0 Å². The van der Waals surface area contributed by atoms with Crippen molar-refractivity contribution in [1.82, 2.24) is 25.4 Å². The third kappa shape index (κ3) is 9.38. The first kappa shape index (κ1) is 31.2. The van der Waals surface area contributed by atoms with E-state index < -0.39 is 0 Å². The minimum absolute atomic E-state index is 0.0897. The lowest BCUT2D eigenvalue weighted by molar-refractivity contribution is -0.132. The highest BCUT2D eigenvalue weighted by Gasteiger charge is 2.33. The zero-order chi connectivity index (χ0) is 29.0. The Morgan fingerprint density at radius 2 is 2.05 bits per heavy atom. The molecule has 0 bridgehead atoms. The van der Waals surface area contributed by atoms with Gasteiger partial charge in [-0.25, -0.2) is 4.98 Å². The number of amides is 1. The van der Waals surface area contributed by atoms with Crippen LogP contribution in [0.3, 0.4) is 0 Å². The van der Waals surface area contributed by atoms with E-state index in [0.29, 0.717) is 24.2 Å². The number of nitrogens with zero attached hydrogens (tertiary/aromatic N) is 5. The van der Waals surface area contributed by atoms with Crippen LogP contribution in [-0.2, 0) is 4.79 Å². The number of aromatic nitrogens is 1. The van der Waals surface area contributed by atoms with Crippen molar-refractivity contribution in [2.45, 2.75) is 70.9 Å². The summed E-state index contributed by atoms with van der Waals surface area (Å²) in [5, 5.41) is 7.57. The van der Waals surface area contributed by atoms with E-state index in [1.54, 1.807) is 6.21 Å². The molecule has 3 fully saturated rings. The van der Waals surface area contributed by atoms with Crippen LogP contribution in [0.25, 0.3) is 5.70 Å². The number of allylic oxidation sites excluding steroid dienone is 2. The molecule has 0 aromatic carbocycles. The molecule has 0 spiro atoms. The second-order valence-electron chi connectivity index (χ2n) is 11.3. The first-order valence-electron chi connectivity index (χ1n) is 15.1. The molecular formula is C31H46ClN7O2. The van der Waals surface area contributed by atoms with Crippen molar-refractivity contribution in [2.24, 2.45) is 15.9 Å². The highest BCUT2D eigenvalue weighted by atomic mass is 35.5. The van der Waals surface area contributed by atoms with E-state index in [4.69, 9.17) is 21.3 Å². The van der Waals surface area contributed by atoms with Gasteiger partial charge in [-0.15, -0.1) is 0 Å². The summed E-state index contributed by atoms with van der Waals surface area (Å²) in [7, 11) is 0. The number of carbonyl (C=O) groups is 1. The number of pyridine rings is 1. The SMILES string of the molecule is C=N/C=C(Cl)\C=N/CN1CCC(CCCOc2ccc(/C(=C\C)NC3CNC(C(=O)N4CCCC4)C3)c(C)n2)CC1. The van der Waals surface area contributed by atoms with Crippen LogP contribution in [0.5, 0.6) is 5.88 Å². The maximum absolute atomic E-state index is 12.8. The van der Waals surface area contributed by atoms with E-state index in [1.165, 1.54) is 19.0 Å². The number of aliphatic imine (C=N–C) groups is 2. The summed E-state index contributed by atoms with van der Waals surface area (Å²) in [6.07, 6.45) is 12.8. The van der Waals surface area contributed by atoms with Crippen LogP contribution < -0.4 is 15.4 Å². The van der Waals surface area contributed by atoms with E-state index in [0.717, 1.165) is 87.7 Å². The number of nitrogens with one attached hydrogen (secondary N) is 2. The van der Waals surface area contributed by atoms with Crippen LogP contribution >= 0.6 is 11.6 Å². The van der Waals surface area contributed by atoms with E-state index in [9.17, 15) is 4.79 Å². The number of aryl methyl sites for hydroxylation is 1. The van der Waals surface area contributed by atoms with Crippen molar-refractivity contribution < 1.29 is 9.53 Å². The van der Waals surface area contributed by atoms with Gasteiger partial charge in [0.2, 0.25) is 11.8 Å². The molecule has 10 heteroatoms. The fourth-order valence-corrected chi connectivity index (χ4v) is 6.10. The van der Waals surface area contributed by atoms with E-state index in [1.807, 2.05) is 24.8 Å². The Bertz CT molecular complexity index is 1110. The number of ether oxygens (including phenoxy) is 1. The Morgan fingerprint density at radius 3 is 2.76 bits per heavy atom. The molecule has 0 aliphatic carbocycles. The normalized spacial score (nSPS) is 23.0. The third-order valence-corrected chi connectivity index (χ3v) is 8.47. The lowest BCUT2D eigenvalue weighted by atomic mass is 9.92. The molecule has 41 heavy (non-hydrogen) atoms. The maximum Gasteiger partial charge on any atom is 0.239 e. The van der Waals surface area contributed by atoms with Gasteiger partial charge in [0.05, 0.1) is 30.0 Å². The largest absolute Gasteiger partial charge is 0.478 e. The summed E-state index contributed by atoms with van der Waals surface area (Å²) in [4.78, 5) is 29.9. The molecule has 1 aromatic heterocycles. The third-order valence-electron chi connectivity index (χ3n) is 8.27. The van der Waals surface area contributed by atoms with Crippen molar-refractivity contribution in [3.8, 4) is 5.88 Å². The molecule has 0 saturated carbocycles. The van der Waals surface area contributed by atoms with E-state index in [-0.39, 0.29) is 18.0 Å². The quantitative estimate of drug-likeness (QED) is 0.264. The molecular weight excluding hydrogens is 538 g/mol. The maximum atomic E-state index is 12.8.